The van der Waals surface area contributed by atoms with Crippen molar-refractivity contribution in [3.8, 4) is 0 Å². The molecular formula is C48H73N11O12S2. The Morgan fingerprint density at radius 1 is 0.822 bits per heavy atom. The number of ketones is 1. The summed E-state index contributed by atoms with van der Waals surface area (Å²) < 4.78 is 0. The number of rotatable bonds is 19. The predicted octanol–water partition coefficient (Wildman–Crippen LogP) is 0.290. The third-order valence-electron chi connectivity index (χ3n) is 12.8. The molecule has 1 aromatic heterocycles. The van der Waals surface area contributed by atoms with Crippen molar-refractivity contribution in [3.63, 3.8) is 0 Å². The van der Waals surface area contributed by atoms with E-state index in [2.05, 4.69) is 47.2 Å². The molecule has 73 heavy (non-hydrogen) atoms. The Labute approximate surface area is 433 Å². The minimum Gasteiger partial charge on any atom is -0.481 e. The monoisotopic (exact) mass is 1060 g/mol. The number of carbonyl (C=O) groups excluding carboxylic acids is 10. The molecule has 23 nitrogen and oxygen atoms in total. The second-order valence-electron chi connectivity index (χ2n) is 19.7. The normalized spacial score (nSPS) is 23.6. The van der Waals surface area contributed by atoms with Crippen molar-refractivity contribution in [1.82, 2.24) is 52.1 Å². The van der Waals surface area contributed by atoms with Crippen LogP contribution < -0.4 is 43.0 Å². The summed E-state index contributed by atoms with van der Waals surface area (Å²) in [5.41, 5.74) is 6.74. The second kappa shape index (κ2) is 29.0. The number of amides is 9. The number of aliphatic carboxylic acids is 1. The van der Waals surface area contributed by atoms with Crippen molar-refractivity contribution in [2.24, 2.45) is 23.5 Å². The fourth-order valence-electron chi connectivity index (χ4n) is 8.59. The van der Waals surface area contributed by atoms with Crippen LogP contribution >= 0.6 is 21.6 Å². The van der Waals surface area contributed by atoms with Crippen LogP contribution in [0.2, 0.25) is 0 Å². The molecule has 3 aliphatic rings. The average Bonchev–Trinajstić information content (AvgIpc) is 4.04. The fourth-order valence-corrected chi connectivity index (χ4v) is 10.7. The Balaban J connectivity index is 1.68. The molecule has 2 fully saturated rings. The van der Waals surface area contributed by atoms with E-state index in [1.807, 2.05) is 20.8 Å². The number of aromatic amines is 1. The van der Waals surface area contributed by atoms with E-state index in [1.54, 1.807) is 26.8 Å². The third kappa shape index (κ3) is 19.1. The number of nitrogens with one attached hydrogen (secondary N) is 8. The number of primary amides is 1. The number of carboxylic acids is 1. The highest BCUT2D eigenvalue weighted by Crippen LogP contribution is 2.26. The smallest absolute Gasteiger partial charge is 0.305 e. The van der Waals surface area contributed by atoms with Gasteiger partial charge in [0.25, 0.3) is 0 Å². The van der Waals surface area contributed by atoms with Crippen LogP contribution in [-0.4, -0.2) is 151 Å². The molecule has 25 heteroatoms. The number of hydrogen-bond acceptors (Lipinski definition) is 14. The van der Waals surface area contributed by atoms with Crippen molar-refractivity contribution >= 4 is 86.5 Å². The lowest BCUT2D eigenvalue weighted by Gasteiger charge is -2.30. The molecule has 4 rings (SSSR count). The van der Waals surface area contributed by atoms with Crippen molar-refractivity contribution < 1.29 is 57.8 Å². The quantitative estimate of drug-likeness (QED) is 0.0658. The van der Waals surface area contributed by atoms with Crippen molar-refractivity contribution in [1.29, 1.82) is 0 Å². The first-order valence-electron chi connectivity index (χ1n) is 24.9. The van der Waals surface area contributed by atoms with E-state index in [1.165, 1.54) is 28.2 Å². The highest BCUT2D eigenvalue weighted by Gasteiger charge is 2.39. The fraction of sp³-hybridized carbons (Fsp3) is 0.667. The van der Waals surface area contributed by atoms with E-state index in [9.17, 15) is 57.8 Å². The largest absolute Gasteiger partial charge is 0.481 e. The minimum absolute atomic E-state index is 0.000608. The standard InChI is InChI=1S/C48H73N11O12S2/c1-7-27(6)40(48(71)52-31(41(49)64)17-25(2)3)58-45(68)34(20-29-22-50-24-51-29)54-46(69)36-23-73-72-16-14-38(61)59-15-8-9-37(59)47(70)56-33(19-28-10-12-30(60)13-11-28)43(66)55-35(21-39(62)63)44(67)53-32(18-26(4)5)42(65)57-36/h10,22,24-27,31-37,40H,7-9,11-21,23H2,1-6H3,(H2,49,64)(H,50,51)(H,52,71)(H,53,67)(H,54,69)(H,55,66)(H,56,70)(H,57,65)(H,58,68)(H,62,63)/t27?,31-,32-,33-,34-,35-,36-,37-,40-/m0/s1. The summed E-state index contributed by atoms with van der Waals surface area (Å²) >= 11 is 0. The molecule has 0 spiro atoms. The highest BCUT2D eigenvalue weighted by atomic mass is 33.1. The summed E-state index contributed by atoms with van der Waals surface area (Å²) in [6.07, 6.45) is 5.52. The Kier molecular flexibility index (Phi) is 23.7. The van der Waals surface area contributed by atoms with Crippen LogP contribution in [0.1, 0.15) is 118 Å². The number of Topliss-reactive ketones (excluding diaryl/α,β-unsaturated/α-hetero) is 1. The molecule has 0 aromatic carbocycles. The maximum absolute atomic E-state index is 14.5. The van der Waals surface area contributed by atoms with Gasteiger partial charge in [-0.05, 0) is 56.3 Å². The number of aromatic nitrogens is 2. The summed E-state index contributed by atoms with van der Waals surface area (Å²) in [5, 5.41) is 28.5. The molecule has 404 valence electrons. The minimum atomic E-state index is -1.75. The third-order valence-corrected chi connectivity index (χ3v) is 15.2. The number of carbonyl (C=O) groups is 11. The predicted molar refractivity (Wildman–Crippen MR) is 271 cm³/mol. The maximum Gasteiger partial charge on any atom is 0.305 e. The first-order chi connectivity index (χ1) is 34.6. The number of H-pyrrole nitrogens is 1. The van der Waals surface area contributed by atoms with Gasteiger partial charge in [-0.1, -0.05) is 81.2 Å². The maximum atomic E-state index is 14.5. The molecule has 2 aliphatic heterocycles. The Bertz CT molecular complexity index is 2190. The molecule has 1 aromatic rings. The van der Waals surface area contributed by atoms with Gasteiger partial charge in [0.2, 0.25) is 53.2 Å². The van der Waals surface area contributed by atoms with Gasteiger partial charge in [0.05, 0.1) is 12.7 Å². The molecule has 2 saturated heterocycles. The number of carboxylic acid groups (broad SMARTS) is 1. The number of fused-ring (bicyclic) bond motifs is 1. The summed E-state index contributed by atoms with van der Waals surface area (Å²) in [5.74, 6) is -8.84. The second-order valence-corrected chi connectivity index (χ2v) is 22.3. The number of imidazole rings is 1. The van der Waals surface area contributed by atoms with Gasteiger partial charge in [-0.15, -0.1) is 0 Å². The number of allylic oxidation sites excluding steroid dienone is 1. The van der Waals surface area contributed by atoms with Gasteiger partial charge in [0, 0.05) is 55.6 Å². The van der Waals surface area contributed by atoms with Crippen LogP contribution in [0.3, 0.4) is 0 Å². The molecule has 9 amide bonds. The van der Waals surface area contributed by atoms with Crippen molar-refractivity contribution in [3.05, 3.63) is 29.9 Å². The lowest BCUT2D eigenvalue weighted by molar-refractivity contribution is -0.142. The van der Waals surface area contributed by atoms with Crippen LogP contribution in [0.5, 0.6) is 0 Å². The van der Waals surface area contributed by atoms with E-state index < -0.39 is 114 Å². The van der Waals surface area contributed by atoms with Gasteiger partial charge >= 0.3 is 5.97 Å². The van der Waals surface area contributed by atoms with E-state index in [0.29, 0.717) is 37.0 Å². The number of nitrogens with two attached hydrogens (primary N) is 1. The lowest BCUT2D eigenvalue weighted by atomic mass is 9.93. The zero-order valence-corrected chi connectivity index (χ0v) is 44.0. The molecular weight excluding hydrogens is 987 g/mol. The van der Waals surface area contributed by atoms with Gasteiger partial charge in [-0.3, -0.25) is 52.7 Å². The van der Waals surface area contributed by atoms with E-state index in [0.717, 1.165) is 10.8 Å². The van der Waals surface area contributed by atoms with E-state index in [-0.39, 0.29) is 86.5 Å². The number of nitrogens with zero attached hydrogens (tertiary/aromatic N) is 2. The molecule has 1 unspecified atom stereocenters. The van der Waals surface area contributed by atoms with Crippen LogP contribution in [0.4, 0.5) is 0 Å². The topological polar surface area (TPSA) is 350 Å². The number of hydrogen-bond donors (Lipinski definition) is 10. The van der Waals surface area contributed by atoms with Crippen LogP contribution in [0.25, 0.3) is 0 Å². The van der Waals surface area contributed by atoms with Gasteiger partial charge in [0.15, 0.2) is 0 Å². The first-order valence-corrected chi connectivity index (χ1v) is 27.4. The van der Waals surface area contributed by atoms with Crippen molar-refractivity contribution in [2.75, 3.05) is 18.1 Å². The lowest BCUT2D eigenvalue weighted by Crippen LogP contribution is -2.61. The zero-order chi connectivity index (χ0) is 53.9. The zero-order valence-electron chi connectivity index (χ0n) is 42.4. The Morgan fingerprint density at radius 3 is 2.12 bits per heavy atom. The summed E-state index contributed by atoms with van der Waals surface area (Å²) in [6, 6.07) is -10.4. The molecule has 0 bridgehead atoms. The van der Waals surface area contributed by atoms with Crippen LogP contribution in [0.15, 0.2) is 24.2 Å². The van der Waals surface area contributed by atoms with Gasteiger partial charge in [-0.2, -0.15) is 0 Å². The average molecular weight is 1060 g/mol. The molecule has 1 aliphatic carbocycles. The van der Waals surface area contributed by atoms with Gasteiger partial charge < -0.3 is 57.9 Å². The molecule has 3 heterocycles. The SMILES string of the molecule is CCC(C)[C@H](NC(=O)[C@H](Cc1cnc[nH]1)NC(=O)[C@@H]1CSSCCC(=O)N2CCC[C@H]2C(=O)N[C@@H](CC2=CCC(=O)CC2)C(=O)N[C@@H](CC(=O)O)C(=O)N[C@@H](CC(C)C)C(=O)N1)C(=O)N[C@@H](CC(C)C)C(N)=O. The van der Waals surface area contributed by atoms with Crippen LogP contribution in [-0.2, 0) is 59.2 Å². The summed E-state index contributed by atoms with van der Waals surface area (Å²) in [4.78, 5) is 158. The molecule has 0 saturated carbocycles. The van der Waals surface area contributed by atoms with Crippen molar-refractivity contribution in [2.45, 2.75) is 167 Å². The van der Waals surface area contributed by atoms with E-state index >= 15 is 0 Å². The summed E-state index contributed by atoms with van der Waals surface area (Å²) in [6.45, 7) is 11.1. The molecule has 0 radical (unpaired) electrons. The molecule has 9 atom stereocenters. The van der Waals surface area contributed by atoms with Gasteiger partial charge in [0.1, 0.15) is 54.1 Å². The highest BCUT2D eigenvalue weighted by molar-refractivity contribution is 8.76. The Morgan fingerprint density at radius 2 is 1.51 bits per heavy atom. The van der Waals surface area contributed by atoms with E-state index in [4.69, 9.17) is 5.73 Å². The first kappa shape index (κ1) is 59.6. The summed E-state index contributed by atoms with van der Waals surface area (Å²) in [7, 11) is 2.36. The molecule has 11 N–H and O–H groups in total. The van der Waals surface area contributed by atoms with Gasteiger partial charge in [-0.25, -0.2) is 4.98 Å². The van der Waals surface area contributed by atoms with Crippen LogP contribution in [0, 0.1) is 17.8 Å². The Hall–Kier alpha value is -5.98.